The lowest BCUT2D eigenvalue weighted by molar-refractivity contribution is -0.142. The van der Waals surface area contributed by atoms with Crippen molar-refractivity contribution in [1.29, 1.82) is 0 Å². The molecule has 0 aromatic rings. The van der Waals surface area contributed by atoms with Gasteiger partial charge >= 0.3 is 12.0 Å². The lowest BCUT2D eigenvalue weighted by Crippen LogP contribution is -2.45. The minimum atomic E-state index is -0.860. The van der Waals surface area contributed by atoms with Crippen molar-refractivity contribution in [1.82, 2.24) is 10.6 Å². The summed E-state index contributed by atoms with van der Waals surface area (Å²) in [5.41, 5.74) is 0. The minimum Gasteiger partial charge on any atom is -0.481 e. The molecule has 5 heteroatoms. The van der Waals surface area contributed by atoms with E-state index in [1.807, 2.05) is 34.6 Å². The zero-order chi connectivity index (χ0) is 14.3. The molecule has 0 aromatic heterocycles. The summed E-state index contributed by atoms with van der Waals surface area (Å²) in [6.45, 7) is 10.1. The van der Waals surface area contributed by atoms with Crippen LogP contribution in [0.4, 0.5) is 4.79 Å². The standard InChI is InChI=1S/C13H26N2O3/c1-8(2)6-11(12(16)17)7-14-13(18)15-10(5)9(3)4/h8-11H,6-7H2,1-5H3,(H,16,17)(H2,14,15,18). The second-order valence-corrected chi connectivity index (χ2v) is 5.55. The maximum absolute atomic E-state index is 11.6. The van der Waals surface area contributed by atoms with E-state index in [1.165, 1.54) is 0 Å². The number of nitrogens with one attached hydrogen (secondary N) is 2. The van der Waals surface area contributed by atoms with Crippen molar-refractivity contribution in [3.05, 3.63) is 0 Å². The Morgan fingerprint density at radius 1 is 1.11 bits per heavy atom. The van der Waals surface area contributed by atoms with Crippen molar-refractivity contribution in [2.24, 2.45) is 17.8 Å². The number of aliphatic carboxylic acids is 1. The van der Waals surface area contributed by atoms with Gasteiger partial charge in [-0.2, -0.15) is 0 Å². The summed E-state index contributed by atoms with van der Waals surface area (Å²) >= 11 is 0. The first-order valence-electron chi connectivity index (χ1n) is 6.51. The van der Waals surface area contributed by atoms with Crippen LogP contribution in [0.5, 0.6) is 0 Å². The normalized spacial score (nSPS) is 14.4. The predicted octanol–water partition coefficient (Wildman–Crippen LogP) is 2.08. The molecule has 0 heterocycles. The Balaban J connectivity index is 4.11. The first kappa shape index (κ1) is 16.7. The van der Waals surface area contributed by atoms with Crippen LogP contribution in [0.15, 0.2) is 0 Å². The van der Waals surface area contributed by atoms with E-state index in [2.05, 4.69) is 10.6 Å². The van der Waals surface area contributed by atoms with Crippen LogP contribution in [-0.4, -0.2) is 29.7 Å². The van der Waals surface area contributed by atoms with Crippen molar-refractivity contribution >= 4 is 12.0 Å². The van der Waals surface area contributed by atoms with Crippen molar-refractivity contribution in [3.63, 3.8) is 0 Å². The number of carboxylic acids is 1. The third-order valence-electron chi connectivity index (χ3n) is 2.97. The van der Waals surface area contributed by atoms with Crippen LogP contribution in [-0.2, 0) is 4.79 Å². The molecule has 2 unspecified atom stereocenters. The molecule has 106 valence electrons. The molecule has 18 heavy (non-hydrogen) atoms. The largest absolute Gasteiger partial charge is 0.481 e. The second kappa shape index (κ2) is 7.95. The number of carbonyl (C=O) groups excluding carboxylic acids is 1. The summed E-state index contributed by atoms with van der Waals surface area (Å²) in [4.78, 5) is 22.6. The first-order valence-corrected chi connectivity index (χ1v) is 6.51. The molecule has 0 bridgehead atoms. The monoisotopic (exact) mass is 258 g/mol. The fraction of sp³-hybridized carbons (Fsp3) is 0.846. The van der Waals surface area contributed by atoms with Crippen LogP contribution in [0.1, 0.15) is 41.0 Å². The molecule has 2 amide bonds. The van der Waals surface area contributed by atoms with E-state index in [9.17, 15) is 9.59 Å². The summed E-state index contributed by atoms with van der Waals surface area (Å²) in [6.07, 6.45) is 0.565. The number of hydrogen-bond donors (Lipinski definition) is 3. The highest BCUT2D eigenvalue weighted by molar-refractivity contribution is 5.76. The zero-order valence-electron chi connectivity index (χ0n) is 12.0. The molecule has 0 aliphatic rings. The van der Waals surface area contributed by atoms with Gasteiger partial charge in [-0.05, 0) is 25.2 Å². The zero-order valence-corrected chi connectivity index (χ0v) is 12.0. The third kappa shape index (κ3) is 7.14. The number of carboxylic acid groups (broad SMARTS) is 1. The summed E-state index contributed by atoms with van der Waals surface area (Å²) in [6, 6.07) is -0.232. The van der Waals surface area contributed by atoms with Crippen molar-refractivity contribution < 1.29 is 14.7 Å². The van der Waals surface area contributed by atoms with Gasteiger partial charge in [-0.25, -0.2) is 4.79 Å². The minimum absolute atomic E-state index is 0.0679. The molecule has 0 radical (unpaired) electrons. The van der Waals surface area contributed by atoms with Gasteiger partial charge in [0.05, 0.1) is 5.92 Å². The van der Waals surface area contributed by atoms with Crippen LogP contribution in [0.2, 0.25) is 0 Å². The Labute approximate surface area is 109 Å². The summed E-state index contributed by atoms with van der Waals surface area (Å²) in [5, 5.41) is 14.4. The van der Waals surface area contributed by atoms with Gasteiger partial charge in [0.25, 0.3) is 0 Å². The first-order chi connectivity index (χ1) is 8.23. The molecular formula is C13H26N2O3. The quantitative estimate of drug-likeness (QED) is 0.654. The van der Waals surface area contributed by atoms with E-state index in [0.717, 1.165) is 0 Å². The molecule has 0 aromatic carbocycles. The van der Waals surface area contributed by atoms with Gasteiger partial charge < -0.3 is 15.7 Å². The van der Waals surface area contributed by atoms with E-state index < -0.39 is 11.9 Å². The number of carbonyl (C=O) groups is 2. The van der Waals surface area contributed by atoms with Crippen LogP contribution in [0, 0.1) is 17.8 Å². The molecule has 0 saturated heterocycles. The lowest BCUT2D eigenvalue weighted by atomic mass is 9.97. The fourth-order valence-electron chi connectivity index (χ4n) is 1.48. The smallest absolute Gasteiger partial charge is 0.315 e. The molecule has 0 aliphatic heterocycles. The van der Waals surface area contributed by atoms with Crippen LogP contribution >= 0.6 is 0 Å². The van der Waals surface area contributed by atoms with Gasteiger partial charge in [0.1, 0.15) is 0 Å². The van der Waals surface area contributed by atoms with Gasteiger partial charge in [0, 0.05) is 12.6 Å². The van der Waals surface area contributed by atoms with Gasteiger partial charge in [-0.15, -0.1) is 0 Å². The molecule has 0 fully saturated rings. The second-order valence-electron chi connectivity index (χ2n) is 5.55. The molecule has 0 spiro atoms. The highest BCUT2D eigenvalue weighted by Gasteiger charge is 2.20. The van der Waals surface area contributed by atoms with Crippen molar-refractivity contribution in [2.75, 3.05) is 6.54 Å². The SMILES string of the molecule is CC(C)CC(CNC(=O)NC(C)C(C)C)C(=O)O. The Kier molecular flexibility index (Phi) is 7.39. The van der Waals surface area contributed by atoms with Gasteiger partial charge in [-0.1, -0.05) is 27.7 Å². The maximum Gasteiger partial charge on any atom is 0.315 e. The van der Waals surface area contributed by atoms with Crippen LogP contribution in [0.25, 0.3) is 0 Å². The Morgan fingerprint density at radius 2 is 1.67 bits per heavy atom. The summed E-state index contributed by atoms with van der Waals surface area (Å²) in [5.74, 6) is -0.738. The maximum atomic E-state index is 11.6. The Hall–Kier alpha value is -1.26. The van der Waals surface area contributed by atoms with E-state index in [-0.39, 0.29) is 18.6 Å². The molecule has 2 atom stereocenters. The summed E-state index contributed by atoms with van der Waals surface area (Å²) in [7, 11) is 0. The third-order valence-corrected chi connectivity index (χ3v) is 2.97. The predicted molar refractivity (Wildman–Crippen MR) is 71.4 cm³/mol. The van der Waals surface area contributed by atoms with Crippen molar-refractivity contribution in [3.8, 4) is 0 Å². The van der Waals surface area contributed by atoms with E-state index in [4.69, 9.17) is 5.11 Å². The van der Waals surface area contributed by atoms with Crippen LogP contribution < -0.4 is 10.6 Å². The number of hydrogen-bond acceptors (Lipinski definition) is 2. The van der Waals surface area contributed by atoms with E-state index >= 15 is 0 Å². The number of rotatable bonds is 7. The topological polar surface area (TPSA) is 78.4 Å². The number of amides is 2. The van der Waals surface area contributed by atoms with Gasteiger partial charge in [0.2, 0.25) is 0 Å². The molecule has 0 saturated carbocycles. The average molecular weight is 258 g/mol. The highest BCUT2D eigenvalue weighted by Crippen LogP contribution is 2.11. The summed E-state index contributed by atoms with van der Waals surface area (Å²) < 4.78 is 0. The Bertz CT molecular complexity index is 277. The van der Waals surface area contributed by atoms with Crippen molar-refractivity contribution in [2.45, 2.75) is 47.1 Å². The van der Waals surface area contributed by atoms with Gasteiger partial charge in [0.15, 0.2) is 0 Å². The molecule has 0 rings (SSSR count). The van der Waals surface area contributed by atoms with E-state index in [1.54, 1.807) is 0 Å². The number of urea groups is 1. The fourth-order valence-corrected chi connectivity index (χ4v) is 1.48. The lowest BCUT2D eigenvalue weighted by Gasteiger charge is -2.19. The Morgan fingerprint density at radius 3 is 2.06 bits per heavy atom. The van der Waals surface area contributed by atoms with Gasteiger partial charge in [-0.3, -0.25) is 4.79 Å². The average Bonchev–Trinajstić information content (AvgIpc) is 2.22. The van der Waals surface area contributed by atoms with Crippen LogP contribution in [0.3, 0.4) is 0 Å². The molecule has 3 N–H and O–H groups in total. The molecular weight excluding hydrogens is 232 g/mol. The van der Waals surface area contributed by atoms with E-state index in [0.29, 0.717) is 18.3 Å². The highest BCUT2D eigenvalue weighted by atomic mass is 16.4. The molecule has 5 nitrogen and oxygen atoms in total. The molecule has 0 aliphatic carbocycles.